The van der Waals surface area contributed by atoms with Crippen LogP contribution in [0.4, 0.5) is 0 Å². The lowest BCUT2D eigenvalue weighted by Gasteiger charge is -2.33. The minimum absolute atomic E-state index is 0.0697. The van der Waals surface area contributed by atoms with Crippen LogP contribution in [0.1, 0.15) is 5.56 Å². The molecule has 2 heterocycles. The molecule has 0 atom stereocenters. The van der Waals surface area contributed by atoms with Crippen molar-refractivity contribution in [2.45, 2.75) is 10.6 Å². The molecule has 1 saturated heterocycles. The number of sulfonamides is 1. The number of ether oxygens (including phenoxy) is 2. The molecule has 1 aromatic heterocycles. The maximum Gasteiger partial charge on any atom is 0.252 e. The maximum absolute atomic E-state index is 12.7. The van der Waals surface area contributed by atoms with Crippen molar-refractivity contribution in [3.63, 3.8) is 0 Å². The molecule has 0 aliphatic carbocycles. The Kier molecular flexibility index (Phi) is 6.49. The Bertz CT molecular complexity index is 953. The number of hydrogen-bond donors (Lipinski definition) is 0. The Morgan fingerprint density at radius 2 is 1.82 bits per heavy atom. The number of carbonyl (C=O) groups is 1. The molecule has 1 aliphatic heterocycles. The molecular formula is C18H21ClN2O5S2. The average molecular weight is 445 g/mol. The van der Waals surface area contributed by atoms with Gasteiger partial charge in [0.05, 0.1) is 25.0 Å². The van der Waals surface area contributed by atoms with Gasteiger partial charge >= 0.3 is 0 Å². The lowest BCUT2D eigenvalue weighted by Crippen LogP contribution is -2.50. The summed E-state index contributed by atoms with van der Waals surface area (Å²) in [6, 6.07) is 8.40. The molecule has 28 heavy (non-hydrogen) atoms. The Hall–Kier alpha value is -1.81. The SMILES string of the molecule is COc1ccc(CC(=O)N2CCN(S(=O)(=O)c3ccc(Cl)s3)CC2)c(OC)c1. The summed E-state index contributed by atoms with van der Waals surface area (Å²) >= 11 is 6.89. The predicted octanol–water partition coefficient (Wildman–Crippen LogP) is 2.49. The van der Waals surface area contributed by atoms with Crippen LogP contribution in [0.5, 0.6) is 11.5 Å². The topological polar surface area (TPSA) is 76.2 Å². The molecule has 0 N–H and O–H groups in total. The number of benzene rings is 1. The fourth-order valence-corrected chi connectivity index (χ4v) is 6.07. The molecule has 0 radical (unpaired) electrons. The fourth-order valence-electron chi connectivity index (χ4n) is 3.01. The molecule has 7 nitrogen and oxygen atoms in total. The molecule has 10 heteroatoms. The van der Waals surface area contributed by atoms with Gasteiger partial charge in [0.15, 0.2) is 0 Å². The second-order valence-corrected chi connectivity index (χ2v) is 10.1. The van der Waals surface area contributed by atoms with E-state index in [4.69, 9.17) is 21.1 Å². The first-order valence-corrected chi connectivity index (χ1v) is 11.2. The summed E-state index contributed by atoms with van der Waals surface area (Å²) in [5.74, 6) is 1.17. The van der Waals surface area contributed by atoms with Gasteiger partial charge in [-0.05, 0) is 18.2 Å². The predicted molar refractivity (Wildman–Crippen MR) is 108 cm³/mol. The van der Waals surface area contributed by atoms with Gasteiger partial charge in [-0.1, -0.05) is 17.7 Å². The van der Waals surface area contributed by atoms with E-state index in [9.17, 15) is 13.2 Å². The van der Waals surface area contributed by atoms with E-state index in [1.807, 2.05) is 0 Å². The first-order valence-electron chi connectivity index (χ1n) is 8.59. The van der Waals surface area contributed by atoms with E-state index in [0.29, 0.717) is 28.9 Å². The van der Waals surface area contributed by atoms with E-state index in [-0.39, 0.29) is 29.6 Å². The first kappa shape index (κ1) is 20.9. The molecule has 3 rings (SSSR count). The molecule has 1 aromatic carbocycles. The zero-order valence-electron chi connectivity index (χ0n) is 15.6. The third kappa shape index (κ3) is 4.43. The van der Waals surface area contributed by atoms with Crippen molar-refractivity contribution < 1.29 is 22.7 Å². The quantitative estimate of drug-likeness (QED) is 0.684. The van der Waals surface area contributed by atoms with Crippen molar-refractivity contribution >= 4 is 38.9 Å². The highest BCUT2D eigenvalue weighted by molar-refractivity contribution is 7.91. The van der Waals surface area contributed by atoms with Crippen LogP contribution in [-0.2, 0) is 21.2 Å². The van der Waals surface area contributed by atoms with Crippen LogP contribution in [-0.4, -0.2) is 63.9 Å². The van der Waals surface area contributed by atoms with Gasteiger partial charge in [0.2, 0.25) is 5.91 Å². The van der Waals surface area contributed by atoms with Gasteiger partial charge in [-0.2, -0.15) is 4.31 Å². The van der Waals surface area contributed by atoms with Crippen molar-refractivity contribution in [1.29, 1.82) is 0 Å². The van der Waals surface area contributed by atoms with E-state index in [0.717, 1.165) is 16.9 Å². The molecular weight excluding hydrogens is 424 g/mol. The number of methoxy groups -OCH3 is 2. The van der Waals surface area contributed by atoms with Gasteiger partial charge in [-0.15, -0.1) is 11.3 Å². The van der Waals surface area contributed by atoms with Gasteiger partial charge < -0.3 is 14.4 Å². The highest BCUT2D eigenvalue weighted by Gasteiger charge is 2.31. The van der Waals surface area contributed by atoms with Gasteiger partial charge in [-0.3, -0.25) is 4.79 Å². The summed E-state index contributed by atoms with van der Waals surface area (Å²) in [6.45, 7) is 1.19. The molecule has 0 bridgehead atoms. The molecule has 0 unspecified atom stereocenters. The number of carbonyl (C=O) groups excluding carboxylic acids is 1. The van der Waals surface area contributed by atoms with E-state index < -0.39 is 10.0 Å². The minimum atomic E-state index is -3.57. The van der Waals surface area contributed by atoms with Gasteiger partial charge in [0, 0.05) is 37.8 Å². The number of piperazine rings is 1. The molecule has 152 valence electrons. The fraction of sp³-hybridized carbons (Fsp3) is 0.389. The number of thiophene rings is 1. The normalized spacial score (nSPS) is 15.5. The maximum atomic E-state index is 12.7. The van der Waals surface area contributed by atoms with Crippen molar-refractivity contribution in [2.75, 3.05) is 40.4 Å². The monoisotopic (exact) mass is 444 g/mol. The van der Waals surface area contributed by atoms with Gasteiger partial charge in [-0.25, -0.2) is 8.42 Å². The van der Waals surface area contributed by atoms with E-state index in [1.165, 1.54) is 10.4 Å². The Morgan fingerprint density at radius 1 is 1.11 bits per heavy atom. The zero-order chi connectivity index (χ0) is 20.3. The largest absolute Gasteiger partial charge is 0.497 e. The molecule has 1 amide bonds. The Labute approximate surface area is 173 Å². The number of hydrogen-bond acceptors (Lipinski definition) is 6. The van der Waals surface area contributed by atoms with Crippen LogP contribution < -0.4 is 9.47 Å². The minimum Gasteiger partial charge on any atom is -0.497 e. The van der Waals surface area contributed by atoms with Crippen molar-refractivity contribution in [1.82, 2.24) is 9.21 Å². The van der Waals surface area contributed by atoms with Crippen LogP contribution in [0, 0.1) is 0 Å². The van der Waals surface area contributed by atoms with Crippen molar-refractivity contribution in [3.05, 3.63) is 40.2 Å². The average Bonchev–Trinajstić information content (AvgIpc) is 3.15. The van der Waals surface area contributed by atoms with Crippen LogP contribution in [0.25, 0.3) is 0 Å². The summed E-state index contributed by atoms with van der Waals surface area (Å²) in [4.78, 5) is 14.4. The van der Waals surface area contributed by atoms with Crippen molar-refractivity contribution in [2.24, 2.45) is 0 Å². The lowest BCUT2D eigenvalue weighted by molar-refractivity contribution is -0.131. The number of halogens is 1. The molecule has 0 spiro atoms. The van der Waals surface area contributed by atoms with E-state index in [2.05, 4.69) is 0 Å². The molecule has 2 aromatic rings. The Morgan fingerprint density at radius 3 is 2.39 bits per heavy atom. The van der Waals surface area contributed by atoms with Crippen LogP contribution in [0.15, 0.2) is 34.5 Å². The summed E-state index contributed by atoms with van der Waals surface area (Å²) in [5.41, 5.74) is 0.761. The zero-order valence-corrected chi connectivity index (χ0v) is 17.9. The smallest absolute Gasteiger partial charge is 0.252 e. The summed E-state index contributed by atoms with van der Waals surface area (Å²) in [6.07, 6.45) is 0.181. The first-order chi connectivity index (χ1) is 13.3. The number of nitrogens with zero attached hydrogens (tertiary/aromatic N) is 2. The van der Waals surface area contributed by atoms with E-state index in [1.54, 1.807) is 43.4 Å². The Balaban J connectivity index is 1.63. The van der Waals surface area contributed by atoms with E-state index >= 15 is 0 Å². The second-order valence-electron chi connectivity index (χ2n) is 6.20. The summed E-state index contributed by atoms with van der Waals surface area (Å²) < 4.78 is 37.9. The standard InChI is InChI=1S/C18H21ClN2O5S2/c1-25-14-4-3-13(15(12-14)26-2)11-17(22)20-7-9-21(10-8-20)28(23,24)18-6-5-16(19)27-18/h3-6,12H,7-11H2,1-2H3. The highest BCUT2D eigenvalue weighted by Crippen LogP contribution is 2.29. The van der Waals surface area contributed by atoms with Gasteiger partial charge in [0.1, 0.15) is 15.7 Å². The summed E-state index contributed by atoms with van der Waals surface area (Å²) in [5, 5.41) is 0. The van der Waals surface area contributed by atoms with Crippen LogP contribution in [0.2, 0.25) is 4.34 Å². The van der Waals surface area contributed by atoms with Crippen LogP contribution in [0.3, 0.4) is 0 Å². The third-order valence-electron chi connectivity index (χ3n) is 4.57. The summed E-state index contributed by atoms with van der Waals surface area (Å²) in [7, 11) is -0.460. The molecule has 0 saturated carbocycles. The molecule has 1 fully saturated rings. The lowest BCUT2D eigenvalue weighted by atomic mass is 10.1. The third-order valence-corrected chi connectivity index (χ3v) is 8.17. The van der Waals surface area contributed by atoms with Crippen molar-refractivity contribution in [3.8, 4) is 11.5 Å². The number of rotatable bonds is 6. The van der Waals surface area contributed by atoms with Crippen LogP contribution >= 0.6 is 22.9 Å². The van der Waals surface area contributed by atoms with Gasteiger partial charge in [0.25, 0.3) is 10.0 Å². The second kappa shape index (κ2) is 8.69. The molecule has 1 aliphatic rings. The number of amides is 1. The highest BCUT2D eigenvalue weighted by atomic mass is 35.5.